The lowest BCUT2D eigenvalue weighted by molar-refractivity contribution is 0.555. The normalized spacial score (nSPS) is 11.7. The smallest absolute Gasteiger partial charge is 0.243 e. The van der Waals surface area contributed by atoms with Gasteiger partial charge in [-0.1, -0.05) is 15.9 Å². The first-order valence-electron chi connectivity index (χ1n) is 4.62. The molecule has 0 atom stereocenters. The van der Waals surface area contributed by atoms with Crippen LogP contribution in [0.3, 0.4) is 0 Å². The lowest BCUT2D eigenvalue weighted by Gasteiger charge is -2.07. The van der Waals surface area contributed by atoms with Crippen LogP contribution < -0.4 is 10.5 Å². The van der Waals surface area contributed by atoms with Crippen LogP contribution in [0.1, 0.15) is 6.42 Å². The average Bonchev–Trinajstić information content (AvgIpc) is 2.22. The summed E-state index contributed by atoms with van der Waals surface area (Å²) in [5, 5.41) is 0. The zero-order chi connectivity index (χ0) is 12.2. The molecule has 0 aliphatic heterocycles. The molecule has 1 aromatic rings. The first-order valence-corrected chi connectivity index (χ1v) is 6.90. The molecule has 0 aliphatic carbocycles. The minimum atomic E-state index is -3.80. The summed E-state index contributed by atoms with van der Waals surface area (Å²) in [7, 11) is -3.80. The average molecular weight is 311 g/mol. The van der Waals surface area contributed by atoms with Crippen molar-refractivity contribution in [1.29, 1.82) is 0 Å². The molecule has 0 saturated carbocycles. The molecule has 90 valence electrons. The predicted octanol–water partition coefficient (Wildman–Crippen LogP) is 1.22. The van der Waals surface area contributed by atoms with Crippen LogP contribution in [-0.4, -0.2) is 21.5 Å². The second kappa shape index (κ2) is 5.72. The molecular formula is C9H12BrFN2O2S. The molecule has 0 amide bonds. The Bertz CT molecular complexity index is 465. The van der Waals surface area contributed by atoms with Gasteiger partial charge in [-0.2, -0.15) is 0 Å². The number of sulfonamides is 1. The molecule has 4 nitrogen and oxygen atoms in total. The van der Waals surface area contributed by atoms with Crippen molar-refractivity contribution in [2.45, 2.75) is 11.3 Å². The quantitative estimate of drug-likeness (QED) is 0.803. The molecule has 3 N–H and O–H groups in total. The van der Waals surface area contributed by atoms with Crippen molar-refractivity contribution in [3.8, 4) is 0 Å². The first-order chi connectivity index (χ1) is 7.47. The monoisotopic (exact) mass is 310 g/mol. The SMILES string of the molecule is NCCCNS(=O)(=O)c1cc(Br)ccc1F. The minimum absolute atomic E-state index is 0.199. The molecule has 0 aliphatic rings. The van der Waals surface area contributed by atoms with Gasteiger partial charge >= 0.3 is 0 Å². The summed E-state index contributed by atoms with van der Waals surface area (Å²) >= 11 is 3.09. The zero-order valence-corrected chi connectivity index (χ0v) is 10.8. The third-order valence-corrected chi connectivity index (χ3v) is 3.83. The molecule has 0 unspecified atom stereocenters. The fourth-order valence-corrected chi connectivity index (χ4v) is 2.76. The number of hydrogen-bond acceptors (Lipinski definition) is 3. The predicted molar refractivity (Wildman–Crippen MR) is 63.0 cm³/mol. The standard InChI is InChI=1S/C9H12BrFN2O2S/c10-7-2-3-8(11)9(6-7)16(14,15)13-5-1-4-12/h2-3,6,13H,1,4-5,12H2. The van der Waals surface area contributed by atoms with E-state index in [-0.39, 0.29) is 11.4 Å². The van der Waals surface area contributed by atoms with E-state index in [1.165, 1.54) is 12.1 Å². The van der Waals surface area contributed by atoms with Gasteiger partial charge in [0.2, 0.25) is 10.0 Å². The maximum atomic E-state index is 13.3. The van der Waals surface area contributed by atoms with E-state index < -0.39 is 15.8 Å². The summed E-state index contributed by atoms with van der Waals surface area (Å²) in [5.74, 6) is -0.775. The number of nitrogens with one attached hydrogen (secondary N) is 1. The van der Waals surface area contributed by atoms with Crippen molar-refractivity contribution in [3.63, 3.8) is 0 Å². The summed E-state index contributed by atoms with van der Waals surface area (Å²) in [5.41, 5.74) is 5.23. The van der Waals surface area contributed by atoms with Crippen LogP contribution in [0.4, 0.5) is 4.39 Å². The van der Waals surface area contributed by atoms with E-state index in [9.17, 15) is 12.8 Å². The number of rotatable bonds is 5. The summed E-state index contributed by atoms with van der Waals surface area (Å²) in [6.45, 7) is 0.578. The zero-order valence-electron chi connectivity index (χ0n) is 8.41. The highest BCUT2D eigenvalue weighted by atomic mass is 79.9. The molecule has 1 rings (SSSR count). The van der Waals surface area contributed by atoms with Gasteiger partial charge in [-0.15, -0.1) is 0 Å². The van der Waals surface area contributed by atoms with Crippen LogP contribution >= 0.6 is 15.9 Å². The lowest BCUT2D eigenvalue weighted by atomic mass is 10.3. The highest BCUT2D eigenvalue weighted by Gasteiger charge is 2.18. The summed E-state index contributed by atoms with van der Waals surface area (Å²) < 4.78 is 39.4. The summed E-state index contributed by atoms with van der Waals surface area (Å²) in [6, 6.07) is 3.76. The molecule has 0 saturated heterocycles. The Morgan fingerprint density at radius 1 is 1.44 bits per heavy atom. The van der Waals surface area contributed by atoms with Crippen LogP contribution in [0, 0.1) is 5.82 Å². The van der Waals surface area contributed by atoms with Crippen LogP contribution in [0.15, 0.2) is 27.6 Å². The Kier molecular flexibility index (Phi) is 4.85. The van der Waals surface area contributed by atoms with Gasteiger partial charge in [0.1, 0.15) is 10.7 Å². The summed E-state index contributed by atoms with van der Waals surface area (Å²) in [4.78, 5) is -0.362. The van der Waals surface area contributed by atoms with Crippen molar-refractivity contribution in [2.75, 3.05) is 13.1 Å². The molecule has 1 aromatic carbocycles. The third-order valence-electron chi connectivity index (χ3n) is 1.86. The molecule has 16 heavy (non-hydrogen) atoms. The minimum Gasteiger partial charge on any atom is -0.330 e. The first kappa shape index (κ1) is 13.6. The van der Waals surface area contributed by atoms with E-state index in [1.54, 1.807) is 0 Å². The second-order valence-corrected chi connectivity index (χ2v) is 5.77. The number of hydrogen-bond donors (Lipinski definition) is 2. The highest BCUT2D eigenvalue weighted by molar-refractivity contribution is 9.10. The maximum absolute atomic E-state index is 13.3. The fourth-order valence-electron chi connectivity index (χ4n) is 1.07. The molecule has 0 heterocycles. The van der Waals surface area contributed by atoms with Crippen molar-refractivity contribution in [1.82, 2.24) is 4.72 Å². The Balaban J connectivity index is 2.93. The van der Waals surface area contributed by atoms with Crippen LogP contribution in [0.25, 0.3) is 0 Å². The van der Waals surface area contributed by atoms with Crippen LogP contribution in [-0.2, 0) is 10.0 Å². The Labute approximate surface area is 102 Å². The number of benzene rings is 1. The van der Waals surface area contributed by atoms with E-state index in [2.05, 4.69) is 20.7 Å². The van der Waals surface area contributed by atoms with Gasteiger partial charge in [0.15, 0.2) is 0 Å². The second-order valence-electron chi connectivity index (χ2n) is 3.11. The maximum Gasteiger partial charge on any atom is 0.243 e. The Morgan fingerprint density at radius 2 is 2.12 bits per heavy atom. The van der Waals surface area contributed by atoms with Gasteiger partial charge in [-0.05, 0) is 31.2 Å². The van der Waals surface area contributed by atoms with Crippen molar-refractivity contribution >= 4 is 26.0 Å². The fraction of sp³-hybridized carbons (Fsp3) is 0.333. The molecule has 0 fully saturated rings. The van der Waals surface area contributed by atoms with Crippen molar-refractivity contribution in [2.24, 2.45) is 5.73 Å². The largest absolute Gasteiger partial charge is 0.330 e. The highest BCUT2D eigenvalue weighted by Crippen LogP contribution is 2.19. The Hall–Kier alpha value is -0.500. The van der Waals surface area contributed by atoms with Gasteiger partial charge in [0.05, 0.1) is 0 Å². The summed E-state index contributed by atoms with van der Waals surface area (Å²) in [6.07, 6.45) is 0.509. The Morgan fingerprint density at radius 3 is 2.75 bits per heavy atom. The van der Waals surface area contributed by atoms with Crippen LogP contribution in [0.2, 0.25) is 0 Å². The van der Waals surface area contributed by atoms with E-state index in [0.717, 1.165) is 6.07 Å². The molecule has 0 radical (unpaired) electrons. The van der Waals surface area contributed by atoms with Gasteiger partial charge in [-0.3, -0.25) is 0 Å². The van der Waals surface area contributed by atoms with Crippen molar-refractivity contribution < 1.29 is 12.8 Å². The van der Waals surface area contributed by atoms with Gasteiger partial charge in [0, 0.05) is 11.0 Å². The third kappa shape index (κ3) is 3.51. The van der Waals surface area contributed by atoms with Gasteiger partial charge in [-0.25, -0.2) is 17.5 Å². The molecule has 0 aromatic heterocycles. The number of nitrogens with two attached hydrogens (primary N) is 1. The number of halogens is 2. The molecule has 0 spiro atoms. The van der Waals surface area contributed by atoms with Crippen LogP contribution in [0.5, 0.6) is 0 Å². The molecule has 0 bridgehead atoms. The van der Waals surface area contributed by atoms with Gasteiger partial charge in [0.25, 0.3) is 0 Å². The van der Waals surface area contributed by atoms with E-state index in [1.807, 2.05) is 0 Å². The topological polar surface area (TPSA) is 72.2 Å². The lowest BCUT2D eigenvalue weighted by Crippen LogP contribution is -2.27. The van der Waals surface area contributed by atoms with E-state index >= 15 is 0 Å². The van der Waals surface area contributed by atoms with Gasteiger partial charge < -0.3 is 5.73 Å². The molecular weight excluding hydrogens is 299 g/mol. The van der Waals surface area contributed by atoms with E-state index in [0.29, 0.717) is 17.4 Å². The molecule has 7 heteroatoms. The van der Waals surface area contributed by atoms with E-state index in [4.69, 9.17) is 5.73 Å². The van der Waals surface area contributed by atoms with Crippen molar-refractivity contribution in [3.05, 3.63) is 28.5 Å².